The number of alkyl halides is 1. The van der Waals surface area contributed by atoms with Crippen molar-refractivity contribution in [2.75, 3.05) is 6.54 Å². The molecule has 1 rings (SSSR count). The van der Waals surface area contributed by atoms with Crippen LogP contribution in [0, 0.1) is 23.2 Å². The van der Waals surface area contributed by atoms with E-state index >= 15 is 4.39 Å². The van der Waals surface area contributed by atoms with Crippen LogP contribution in [0.15, 0.2) is 0 Å². The zero-order valence-corrected chi connectivity index (χ0v) is 11.5. The van der Waals surface area contributed by atoms with Crippen LogP contribution in [0.1, 0.15) is 53.9 Å². The van der Waals surface area contributed by atoms with Gasteiger partial charge in [0.2, 0.25) is 0 Å². The van der Waals surface area contributed by atoms with Crippen molar-refractivity contribution < 1.29 is 4.39 Å². The van der Waals surface area contributed by atoms with Gasteiger partial charge in [-0.2, -0.15) is 0 Å². The van der Waals surface area contributed by atoms with Gasteiger partial charge in [-0.1, -0.05) is 41.0 Å². The fourth-order valence-corrected chi connectivity index (χ4v) is 3.05. The Morgan fingerprint density at radius 3 is 2.06 bits per heavy atom. The summed E-state index contributed by atoms with van der Waals surface area (Å²) < 4.78 is 15.1. The molecule has 0 aromatic heterocycles. The summed E-state index contributed by atoms with van der Waals surface area (Å²) in [7, 11) is 0. The predicted octanol–water partition coefficient (Wildman–Crippen LogP) is 3.77. The first-order valence-electron chi connectivity index (χ1n) is 6.61. The number of nitrogens with two attached hydrogens (primary N) is 1. The van der Waals surface area contributed by atoms with Gasteiger partial charge in [-0.05, 0) is 36.0 Å². The molecule has 0 heterocycles. The van der Waals surface area contributed by atoms with E-state index in [0.717, 1.165) is 25.2 Å². The van der Waals surface area contributed by atoms with Crippen LogP contribution in [-0.2, 0) is 0 Å². The first-order valence-corrected chi connectivity index (χ1v) is 6.61. The maximum atomic E-state index is 15.1. The number of halogens is 1. The molecular weight excluding hydrogens is 201 g/mol. The molecule has 2 N–H and O–H groups in total. The Morgan fingerprint density at radius 2 is 1.69 bits per heavy atom. The van der Waals surface area contributed by atoms with E-state index in [1.165, 1.54) is 0 Å². The van der Waals surface area contributed by atoms with Gasteiger partial charge in [-0.15, -0.1) is 0 Å². The number of hydrogen-bond donors (Lipinski definition) is 1. The van der Waals surface area contributed by atoms with E-state index in [1.807, 2.05) is 20.8 Å². The Bertz CT molecular complexity index is 233. The third kappa shape index (κ3) is 2.42. The van der Waals surface area contributed by atoms with Crippen molar-refractivity contribution in [2.45, 2.75) is 59.5 Å². The highest BCUT2D eigenvalue weighted by atomic mass is 19.1. The van der Waals surface area contributed by atoms with E-state index in [0.29, 0.717) is 5.92 Å². The zero-order valence-electron chi connectivity index (χ0n) is 11.5. The summed E-state index contributed by atoms with van der Waals surface area (Å²) in [6.07, 6.45) is 3.14. The van der Waals surface area contributed by atoms with Gasteiger partial charge >= 0.3 is 0 Å². The van der Waals surface area contributed by atoms with Crippen molar-refractivity contribution in [3.63, 3.8) is 0 Å². The molecule has 16 heavy (non-hydrogen) atoms. The summed E-state index contributed by atoms with van der Waals surface area (Å²) in [5, 5.41) is 0. The Balaban J connectivity index is 2.82. The fraction of sp³-hybridized carbons (Fsp3) is 1.00. The van der Waals surface area contributed by atoms with Crippen LogP contribution in [0.2, 0.25) is 0 Å². The second-order valence-corrected chi connectivity index (χ2v) is 6.78. The summed E-state index contributed by atoms with van der Waals surface area (Å²) >= 11 is 0. The van der Waals surface area contributed by atoms with Crippen molar-refractivity contribution in [3.8, 4) is 0 Å². The molecule has 1 nitrogen and oxygen atoms in total. The maximum Gasteiger partial charge on any atom is 0.130 e. The number of hydrogen-bond acceptors (Lipinski definition) is 1. The molecule has 0 bridgehead atoms. The first-order chi connectivity index (χ1) is 7.22. The summed E-state index contributed by atoms with van der Waals surface area (Å²) in [5.74, 6) is 1.50. The molecule has 2 heteroatoms. The zero-order chi connectivity index (χ0) is 12.6. The lowest BCUT2D eigenvalue weighted by Crippen LogP contribution is -2.52. The topological polar surface area (TPSA) is 26.0 Å². The first kappa shape index (κ1) is 14.0. The molecule has 1 aliphatic carbocycles. The molecule has 0 aromatic carbocycles. The summed E-state index contributed by atoms with van der Waals surface area (Å²) in [5.41, 5.74) is 4.17. The standard InChI is InChI=1S/C14H28FN/c1-10-6-7-12(8-11(10)2)14(15,9-16)13(3,4)5/h10-12H,6-9,16H2,1-5H3. The number of rotatable bonds is 2. The van der Waals surface area contributed by atoms with Crippen LogP contribution in [0.4, 0.5) is 4.39 Å². The average molecular weight is 229 g/mol. The third-order valence-corrected chi connectivity index (χ3v) is 4.79. The lowest BCUT2D eigenvalue weighted by molar-refractivity contribution is -0.0477. The van der Waals surface area contributed by atoms with E-state index < -0.39 is 5.67 Å². The average Bonchev–Trinajstić information content (AvgIpc) is 2.19. The Kier molecular flexibility index (Phi) is 4.04. The molecule has 0 aromatic rings. The Labute approximate surface area is 100.0 Å². The van der Waals surface area contributed by atoms with Crippen molar-refractivity contribution in [1.29, 1.82) is 0 Å². The molecule has 1 aliphatic rings. The smallest absolute Gasteiger partial charge is 0.130 e. The molecule has 0 amide bonds. The summed E-state index contributed by atoms with van der Waals surface area (Å²) in [6, 6.07) is 0. The van der Waals surface area contributed by atoms with Crippen LogP contribution in [0.5, 0.6) is 0 Å². The normalized spacial score (nSPS) is 35.8. The van der Waals surface area contributed by atoms with Crippen LogP contribution < -0.4 is 5.73 Å². The van der Waals surface area contributed by atoms with E-state index in [4.69, 9.17) is 5.73 Å². The van der Waals surface area contributed by atoms with Crippen molar-refractivity contribution in [2.24, 2.45) is 28.9 Å². The van der Waals surface area contributed by atoms with Gasteiger partial charge in [-0.3, -0.25) is 0 Å². The highest BCUT2D eigenvalue weighted by molar-refractivity contribution is 4.99. The second kappa shape index (κ2) is 4.64. The summed E-state index contributed by atoms with van der Waals surface area (Å²) in [6.45, 7) is 10.6. The maximum absolute atomic E-state index is 15.1. The van der Waals surface area contributed by atoms with E-state index in [1.54, 1.807) is 0 Å². The van der Waals surface area contributed by atoms with Gasteiger partial charge in [0.25, 0.3) is 0 Å². The molecule has 4 atom stereocenters. The third-order valence-electron chi connectivity index (χ3n) is 4.79. The SMILES string of the molecule is CC1CCC(C(F)(CN)C(C)(C)C)CC1C. The van der Waals surface area contributed by atoms with Crippen molar-refractivity contribution in [3.05, 3.63) is 0 Å². The minimum absolute atomic E-state index is 0.142. The highest BCUT2D eigenvalue weighted by Gasteiger charge is 2.49. The largest absolute Gasteiger partial charge is 0.327 e. The molecule has 0 aliphatic heterocycles. The van der Waals surface area contributed by atoms with Gasteiger partial charge in [0.05, 0.1) is 0 Å². The second-order valence-electron chi connectivity index (χ2n) is 6.78. The van der Waals surface area contributed by atoms with Crippen LogP contribution in [-0.4, -0.2) is 12.2 Å². The Morgan fingerprint density at radius 1 is 1.12 bits per heavy atom. The minimum Gasteiger partial charge on any atom is -0.327 e. The highest BCUT2D eigenvalue weighted by Crippen LogP contribution is 2.47. The lowest BCUT2D eigenvalue weighted by Gasteiger charge is -2.47. The molecule has 0 saturated heterocycles. The van der Waals surface area contributed by atoms with E-state index in [2.05, 4.69) is 13.8 Å². The van der Waals surface area contributed by atoms with Crippen LogP contribution in [0.25, 0.3) is 0 Å². The van der Waals surface area contributed by atoms with Gasteiger partial charge < -0.3 is 5.73 Å². The van der Waals surface area contributed by atoms with Crippen LogP contribution >= 0.6 is 0 Å². The molecule has 1 fully saturated rings. The van der Waals surface area contributed by atoms with E-state index in [-0.39, 0.29) is 17.9 Å². The van der Waals surface area contributed by atoms with E-state index in [9.17, 15) is 0 Å². The molecule has 96 valence electrons. The Hall–Kier alpha value is -0.110. The van der Waals surface area contributed by atoms with Crippen molar-refractivity contribution >= 4 is 0 Å². The minimum atomic E-state index is -1.21. The van der Waals surface area contributed by atoms with Gasteiger partial charge in [0, 0.05) is 6.54 Å². The summed E-state index contributed by atoms with van der Waals surface area (Å²) in [4.78, 5) is 0. The monoisotopic (exact) mass is 229 g/mol. The lowest BCUT2D eigenvalue weighted by atomic mass is 9.62. The molecular formula is C14H28FN. The van der Waals surface area contributed by atoms with Crippen LogP contribution in [0.3, 0.4) is 0 Å². The van der Waals surface area contributed by atoms with Gasteiger partial charge in [0.15, 0.2) is 0 Å². The quantitative estimate of drug-likeness (QED) is 0.766. The predicted molar refractivity (Wildman–Crippen MR) is 68.0 cm³/mol. The van der Waals surface area contributed by atoms with Gasteiger partial charge in [-0.25, -0.2) is 4.39 Å². The van der Waals surface area contributed by atoms with Crippen molar-refractivity contribution in [1.82, 2.24) is 0 Å². The van der Waals surface area contributed by atoms with Gasteiger partial charge in [0.1, 0.15) is 5.67 Å². The molecule has 1 saturated carbocycles. The fourth-order valence-electron chi connectivity index (χ4n) is 3.05. The molecule has 0 spiro atoms. The molecule has 0 radical (unpaired) electrons. The molecule has 4 unspecified atom stereocenters.